The lowest BCUT2D eigenvalue weighted by molar-refractivity contribution is -0.144. The third kappa shape index (κ3) is 24.7. The minimum Gasteiger partial charge on any atom is -0.370 e. The zero-order valence-electron chi connectivity index (χ0n) is 63.1. The van der Waals surface area contributed by atoms with E-state index in [0.29, 0.717) is 78.2 Å². The van der Waals surface area contributed by atoms with Gasteiger partial charge in [0, 0.05) is 85.9 Å². The summed E-state index contributed by atoms with van der Waals surface area (Å²) in [5, 5.41) is 24.1. The van der Waals surface area contributed by atoms with Gasteiger partial charge in [0.05, 0.1) is 6.04 Å². The van der Waals surface area contributed by atoms with Crippen molar-refractivity contribution in [2.45, 2.75) is 203 Å². The van der Waals surface area contributed by atoms with Gasteiger partial charge in [-0.2, -0.15) is 0 Å². The predicted octanol–water partition coefficient (Wildman–Crippen LogP) is 1.13. The fourth-order valence-electron chi connectivity index (χ4n) is 14.1. The Hall–Kier alpha value is -11.2. The number of H-pyrrole nitrogens is 2. The summed E-state index contributed by atoms with van der Waals surface area (Å²) in [7, 11) is 0. The Morgan fingerprint density at radius 2 is 0.864 bits per heavy atom. The smallest absolute Gasteiger partial charge is 0.245 e. The molecular formula is C79H109N19O12. The third-order valence-corrected chi connectivity index (χ3v) is 19.8. The second kappa shape index (κ2) is 41.4. The van der Waals surface area contributed by atoms with Crippen LogP contribution in [0.25, 0.3) is 21.8 Å². The van der Waals surface area contributed by atoms with E-state index < -0.39 is 150 Å². The lowest BCUT2D eigenvalue weighted by atomic mass is 9.98. The van der Waals surface area contributed by atoms with E-state index in [0.717, 1.165) is 10.9 Å². The summed E-state index contributed by atoms with van der Waals surface area (Å²) < 4.78 is 0. The number of hydrogen-bond donors (Lipinski definition) is 16. The van der Waals surface area contributed by atoms with E-state index >= 15 is 19.2 Å². The summed E-state index contributed by atoms with van der Waals surface area (Å²) in [5.74, 6) is -9.11. The van der Waals surface area contributed by atoms with Crippen LogP contribution in [0.4, 0.5) is 0 Å². The fraction of sp³-hybridized carbons (Fsp3) is 0.481. The van der Waals surface area contributed by atoms with Crippen LogP contribution in [0.15, 0.2) is 127 Å². The van der Waals surface area contributed by atoms with E-state index in [1.165, 1.54) is 9.80 Å². The number of fused-ring (bicyclic) bond motifs is 2. The van der Waals surface area contributed by atoms with Crippen molar-refractivity contribution in [1.82, 2.24) is 62.3 Å². The van der Waals surface area contributed by atoms with Gasteiger partial charge in [-0.3, -0.25) is 62.5 Å². The normalized spacial score (nSPS) is 16.6. The highest BCUT2D eigenvalue weighted by molar-refractivity contribution is 6.00. The maximum Gasteiger partial charge on any atom is 0.245 e. The van der Waals surface area contributed by atoms with E-state index in [-0.39, 0.29) is 95.2 Å². The fourth-order valence-corrected chi connectivity index (χ4v) is 14.1. The molecule has 11 atom stereocenters. The van der Waals surface area contributed by atoms with Crippen LogP contribution in [0.5, 0.6) is 0 Å². The number of hydrogen-bond acceptors (Lipinski definition) is 15. The number of likely N-dealkylation sites (tertiary alicyclic amines) is 2. The summed E-state index contributed by atoms with van der Waals surface area (Å²) in [4.78, 5) is 187. The molecule has 592 valence electrons. The first-order chi connectivity index (χ1) is 52.7. The van der Waals surface area contributed by atoms with Crippen molar-refractivity contribution in [2.24, 2.45) is 51.2 Å². The minimum absolute atomic E-state index is 0.0260. The van der Waals surface area contributed by atoms with Crippen molar-refractivity contribution in [3.8, 4) is 0 Å². The number of nitrogens with one attached hydrogen (secondary N) is 10. The molecule has 2 fully saturated rings. The van der Waals surface area contributed by atoms with Crippen LogP contribution in [0, 0.1) is 11.8 Å². The van der Waals surface area contributed by atoms with Crippen LogP contribution < -0.4 is 76.9 Å². The van der Waals surface area contributed by atoms with Crippen LogP contribution in [-0.4, -0.2) is 189 Å². The topological polar surface area (TPSA) is 508 Å². The van der Waals surface area contributed by atoms with Crippen LogP contribution >= 0.6 is 0 Å². The largest absolute Gasteiger partial charge is 0.370 e. The highest BCUT2D eigenvalue weighted by Crippen LogP contribution is 2.26. The van der Waals surface area contributed by atoms with Crippen molar-refractivity contribution in [3.05, 3.63) is 144 Å². The molecule has 4 aromatic carbocycles. The first-order valence-electron chi connectivity index (χ1n) is 38.0. The van der Waals surface area contributed by atoms with Gasteiger partial charge in [-0.05, 0) is 130 Å². The molecule has 0 saturated carbocycles. The van der Waals surface area contributed by atoms with Gasteiger partial charge >= 0.3 is 0 Å². The van der Waals surface area contributed by atoms with Crippen molar-refractivity contribution in [3.63, 3.8) is 0 Å². The molecule has 0 spiro atoms. The summed E-state index contributed by atoms with van der Waals surface area (Å²) in [6, 6.07) is 18.1. The second-order valence-corrected chi connectivity index (χ2v) is 29.4. The minimum atomic E-state index is -1.62. The van der Waals surface area contributed by atoms with Crippen LogP contribution in [0.1, 0.15) is 133 Å². The predicted molar refractivity (Wildman–Crippen MR) is 417 cm³/mol. The lowest BCUT2D eigenvalue weighted by Crippen LogP contribution is -2.61. The molecule has 0 radical (unpaired) electrons. The molecule has 2 aliphatic rings. The van der Waals surface area contributed by atoms with Gasteiger partial charge in [0.2, 0.25) is 70.9 Å². The monoisotopic (exact) mass is 1520 g/mol. The van der Waals surface area contributed by atoms with Gasteiger partial charge < -0.3 is 96.7 Å². The quantitative estimate of drug-likeness (QED) is 0.0145. The van der Waals surface area contributed by atoms with Crippen molar-refractivity contribution < 1.29 is 57.5 Å². The number of rotatable bonds is 42. The molecule has 31 heteroatoms. The Balaban J connectivity index is 1.06. The number of primary amides is 2. The molecule has 22 N–H and O–H groups in total. The van der Waals surface area contributed by atoms with Crippen molar-refractivity contribution in [2.75, 3.05) is 26.2 Å². The summed E-state index contributed by atoms with van der Waals surface area (Å²) >= 11 is 0. The highest BCUT2D eigenvalue weighted by Gasteiger charge is 2.43. The number of unbranched alkanes of at least 4 members (excludes halogenated alkanes) is 1. The van der Waals surface area contributed by atoms with E-state index in [2.05, 4.69) is 57.5 Å². The molecule has 2 aromatic heterocycles. The van der Waals surface area contributed by atoms with Gasteiger partial charge in [-0.15, -0.1) is 0 Å². The average molecular weight is 1520 g/mol. The highest BCUT2D eigenvalue weighted by atomic mass is 16.2. The number of amides is 12. The van der Waals surface area contributed by atoms with E-state index in [1.807, 2.05) is 70.2 Å². The molecule has 0 aliphatic carbocycles. The number of aliphatic imine (C=N–C) groups is 1. The average Bonchev–Trinajstić information content (AvgIpc) is 1.64. The Kier molecular flexibility index (Phi) is 31.8. The number of aromatic nitrogens is 2. The second-order valence-electron chi connectivity index (χ2n) is 29.4. The Labute approximate surface area is 640 Å². The maximum absolute atomic E-state index is 15.5. The van der Waals surface area contributed by atoms with Crippen molar-refractivity contribution in [1.29, 1.82) is 0 Å². The number of nitrogens with zero attached hydrogens (tertiary/aromatic N) is 3. The molecule has 0 bridgehead atoms. The molecule has 31 nitrogen and oxygen atoms in total. The number of nitrogens with two attached hydrogens (primary N) is 6. The molecule has 2 saturated heterocycles. The number of para-hydroxylation sites is 2. The molecule has 6 aromatic rings. The maximum atomic E-state index is 15.5. The van der Waals surface area contributed by atoms with Gasteiger partial charge in [0.1, 0.15) is 60.4 Å². The Bertz CT molecular complexity index is 4180. The molecule has 110 heavy (non-hydrogen) atoms. The standard InChI is InChI=1S/C79H109N19O12/c1-46(2)38-59(68(83)100)91-70(102)60(39-47(3)4)92-73(105)64(43-51-45-88-56-28-14-12-25-53(51)56)95-72(104)61(40-48-20-7-5-8-21-48)93-74(106)63(42-50-44-87-55-27-13-11-24-52(50)55)94-69(101)57(32-33-67(82)99)89-71(103)62(41-49-22-9-6-10-23-49)96-76(108)66-31-19-37-98(66)78(110)58(29-15-16-34-80)90-75(107)65-30-18-36-97(65)77(109)54(81)26-17-35-86-79(84)85/h5-14,20-25,27-28,44-47,54,57-66,87-88H,15-19,26,29-43,80-81H2,1-4H3,(H2,82,99)(H2,83,100)(H,89,103)(H,90,107)(H,91,102)(H,92,105)(H,93,106)(H,94,101)(H,95,104)(H,96,108)(H4,84,85,86)/t54-,57+,58+,59+,60+,61+,62-,63+,64+,65+,66+/m1/s1. The Morgan fingerprint density at radius 3 is 1.34 bits per heavy atom. The third-order valence-electron chi connectivity index (χ3n) is 19.8. The molecule has 4 heterocycles. The molecule has 0 unspecified atom stereocenters. The van der Waals surface area contributed by atoms with Gasteiger partial charge in [0.15, 0.2) is 5.96 Å². The molecule has 2 aliphatic heterocycles. The summed E-state index contributed by atoms with van der Waals surface area (Å²) in [5.41, 5.74) is 38.4. The number of guanidine groups is 1. The van der Waals surface area contributed by atoms with Gasteiger partial charge in [-0.1, -0.05) is 125 Å². The SMILES string of the molecule is CC(C)C[C@H](NC(=O)[C@H](CC(C)C)NC(=O)[C@H](Cc1c[nH]c2ccccc12)NC(=O)[C@H](Cc1ccccc1)NC(=O)[C@H](Cc1c[nH]c2ccccc12)NC(=O)[C@H](CCC(N)=O)NC(=O)[C@@H](Cc1ccccc1)NC(=O)[C@@H]1CCCN1C(=O)[C@H](CCCCN)NC(=O)[C@@H]1CCCN1C(=O)[C@H](N)CCCN=C(N)N)C(N)=O. The zero-order valence-corrected chi connectivity index (χ0v) is 63.1. The molecule has 8 rings (SSSR count). The summed E-state index contributed by atoms with van der Waals surface area (Å²) in [6.45, 7) is 8.40. The number of aromatic amines is 2. The number of carbonyl (C=O) groups is 12. The first-order valence-corrected chi connectivity index (χ1v) is 38.0. The zero-order chi connectivity index (χ0) is 79.6. The van der Waals surface area contributed by atoms with Crippen LogP contribution in [0.2, 0.25) is 0 Å². The van der Waals surface area contributed by atoms with Gasteiger partial charge in [0.25, 0.3) is 0 Å². The number of carbonyl (C=O) groups excluding carboxylic acids is 12. The first kappa shape index (κ1) is 84.4. The van der Waals surface area contributed by atoms with Gasteiger partial charge in [-0.25, -0.2) is 0 Å². The molecular weight excluding hydrogens is 1410 g/mol. The van der Waals surface area contributed by atoms with E-state index in [9.17, 15) is 38.4 Å². The molecule has 12 amide bonds. The lowest BCUT2D eigenvalue weighted by Gasteiger charge is -2.32. The Morgan fingerprint density at radius 1 is 0.455 bits per heavy atom. The van der Waals surface area contributed by atoms with E-state index in [1.54, 1.807) is 79.1 Å². The van der Waals surface area contributed by atoms with E-state index in [4.69, 9.17) is 34.4 Å². The van der Waals surface area contributed by atoms with Crippen LogP contribution in [-0.2, 0) is 83.2 Å². The van der Waals surface area contributed by atoms with Crippen LogP contribution in [0.3, 0.4) is 0 Å². The number of benzene rings is 4. The summed E-state index contributed by atoms with van der Waals surface area (Å²) in [6.07, 6.45) is 5.43. The van der Waals surface area contributed by atoms with Crippen molar-refractivity contribution >= 4 is 98.7 Å².